The van der Waals surface area contributed by atoms with Crippen LogP contribution < -0.4 is 20.9 Å². The van der Waals surface area contributed by atoms with Gasteiger partial charge in [-0.1, -0.05) is 29.8 Å². The van der Waals surface area contributed by atoms with Gasteiger partial charge < -0.3 is 20.9 Å². The lowest BCUT2D eigenvalue weighted by Gasteiger charge is -2.20. The molecule has 1 amide bonds. The second kappa shape index (κ2) is 9.26. The van der Waals surface area contributed by atoms with Crippen molar-refractivity contribution >= 4 is 23.2 Å². The first-order chi connectivity index (χ1) is 13.5. The molecular weight excluding hydrogens is 350 g/mol. The van der Waals surface area contributed by atoms with Crippen molar-refractivity contribution < 1.29 is 4.79 Å². The Bertz CT molecular complexity index is 831. The van der Waals surface area contributed by atoms with Crippen molar-refractivity contribution in [1.29, 1.82) is 0 Å². The molecule has 3 N–H and O–H groups in total. The Balaban J connectivity index is 1.51. The van der Waals surface area contributed by atoms with Gasteiger partial charge in [-0.2, -0.15) is 0 Å². The lowest BCUT2D eigenvalue weighted by molar-refractivity contribution is -0.114. The molecule has 2 aromatic carbocycles. The van der Waals surface area contributed by atoms with Gasteiger partial charge in [0.2, 0.25) is 5.91 Å². The number of amides is 1. The minimum Gasteiger partial charge on any atom is -0.369 e. The van der Waals surface area contributed by atoms with Crippen molar-refractivity contribution in [3.8, 4) is 0 Å². The van der Waals surface area contributed by atoms with Crippen molar-refractivity contribution in [2.24, 2.45) is 4.99 Å². The first kappa shape index (κ1) is 19.7. The standard InChI is InChI=1S/C22H29N5O/c1-16-7-9-21(10-8-16)27-12-11-20(15-27)26-22(23-3)24-14-18-5-4-6-19(13-18)25-17(2)28/h4-10,13,20H,11-12,14-15H2,1-3H3,(H,25,28)(H2,23,24,26). The lowest BCUT2D eigenvalue weighted by atomic mass is 10.2. The number of aliphatic imine (C=N–C) groups is 1. The van der Waals surface area contributed by atoms with Gasteiger partial charge in [-0.05, 0) is 43.2 Å². The van der Waals surface area contributed by atoms with E-state index in [1.165, 1.54) is 18.2 Å². The largest absolute Gasteiger partial charge is 0.369 e. The number of rotatable bonds is 5. The highest BCUT2D eigenvalue weighted by Crippen LogP contribution is 2.20. The Morgan fingerprint density at radius 3 is 2.71 bits per heavy atom. The Labute approximate surface area is 167 Å². The van der Waals surface area contributed by atoms with Crippen LogP contribution in [0.25, 0.3) is 0 Å². The van der Waals surface area contributed by atoms with Gasteiger partial charge in [-0.15, -0.1) is 0 Å². The molecule has 6 heteroatoms. The third-order valence-electron chi connectivity index (χ3n) is 4.86. The summed E-state index contributed by atoms with van der Waals surface area (Å²) in [4.78, 5) is 18.0. The van der Waals surface area contributed by atoms with Gasteiger partial charge in [0.25, 0.3) is 0 Å². The normalized spacial score (nSPS) is 16.8. The SMILES string of the molecule is CN=C(NCc1cccc(NC(C)=O)c1)NC1CCN(c2ccc(C)cc2)C1. The van der Waals surface area contributed by atoms with E-state index in [0.717, 1.165) is 36.7 Å². The van der Waals surface area contributed by atoms with E-state index in [1.54, 1.807) is 7.05 Å². The van der Waals surface area contributed by atoms with E-state index in [4.69, 9.17) is 0 Å². The zero-order valence-corrected chi connectivity index (χ0v) is 16.8. The van der Waals surface area contributed by atoms with Crippen LogP contribution in [0.3, 0.4) is 0 Å². The molecular formula is C22H29N5O. The summed E-state index contributed by atoms with van der Waals surface area (Å²) in [6.45, 7) is 6.26. The molecule has 148 valence electrons. The number of carbonyl (C=O) groups is 1. The van der Waals surface area contributed by atoms with Gasteiger partial charge in [0.1, 0.15) is 0 Å². The molecule has 0 aromatic heterocycles. The highest BCUT2D eigenvalue weighted by atomic mass is 16.1. The van der Waals surface area contributed by atoms with Gasteiger partial charge in [-0.25, -0.2) is 0 Å². The fraction of sp³-hybridized carbons (Fsp3) is 0.364. The van der Waals surface area contributed by atoms with Crippen molar-refractivity contribution in [2.45, 2.75) is 32.9 Å². The molecule has 0 saturated carbocycles. The molecule has 1 heterocycles. The topological polar surface area (TPSA) is 68.8 Å². The summed E-state index contributed by atoms with van der Waals surface area (Å²) in [5.41, 5.74) is 4.44. The highest BCUT2D eigenvalue weighted by molar-refractivity contribution is 5.88. The van der Waals surface area contributed by atoms with Gasteiger partial charge in [0.05, 0.1) is 0 Å². The number of carbonyl (C=O) groups excluding carboxylic acids is 1. The molecule has 2 aromatic rings. The maximum absolute atomic E-state index is 11.2. The quantitative estimate of drug-likeness (QED) is 0.552. The second-order valence-electron chi connectivity index (χ2n) is 7.22. The average Bonchev–Trinajstić information content (AvgIpc) is 3.14. The Morgan fingerprint density at radius 1 is 1.21 bits per heavy atom. The molecule has 0 aliphatic carbocycles. The third-order valence-corrected chi connectivity index (χ3v) is 4.86. The van der Waals surface area contributed by atoms with Crippen LogP contribution in [0, 0.1) is 6.92 Å². The minimum absolute atomic E-state index is 0.0676. The van der Waals surface area contributed by atoms with Crippen molar-refractivity contribution in [3.05, 3.63) is 59.7 Å². The van der Waals surface area contributed by atoms with E-state index >= 15 is 0 Å². The number of benzene rings is 2. The van der Waals surface area contributed by atoms with Crippen LogP contribution in [-0.2, 0) is 11.3 Å². The van der Waals surface area contributed by atoms with Crippen molar-refractivity contribution in [3.63, 3.8) is 0 Å². The Kier molecular flexibility index (Phi) is 6.53. The number of hydrogen-bond donors (Lipinski definition) is 3. The highest BCUT2D eigenvalue weighted by Gasteiger charge is 2.23. The molecule has 0 radical (unpaired) electrons. The molecule has 28 heavy (non-hydrogen) atoms. The second-order valence-corrected chi connectivity index (χ2v) is 7.22. The van der Waals surface area contributed by atoms with Crippen LogP contribution in [0.1, 0.15) is 24.5 Å². The summed E-state index contributed by atoms with van der Waals surface area (Å²) in [5, 5.41) is 9.70. The van der Waals surface area contributed by atoms with E-state index < -0.39 is 0 Å². The fourth-order valence-electron chi connectivity index (χ4n) is 3.40. The number of guanidine groups is 1. The predicted octanol–water partition coefficient (Wildman–Crippen LogP) is 2.90. The maximum atomic E-state index is 11.2. The molecule has 1 atom stereocenters. The van der Waals surface area contributed by atoms with Gasteiger partial charge in [0.15, 0.2) is 5.96 Å². The van der Waals surface area contributed by atoms with Crippen molar-refractivity contribution in [1.82, 2.24) is 10.6 Å². The van der Waals surface area contributed by atoms with E-state index in [0.29, 0.717) is 12.6 Å². The number of aryl methyl sites for hydroxylation is 1. The summed E-state index contributed by atoms with van der Waals surface area (Å²) in [6, 6.07) is 16.9. The number of nitrogens with one attached hydrogen (secondary N) is 3. The van der Waals surface area contributed by atoms with Crippen molar-refractivity contribution in [2.75, 3.05) is 30.4 Å². The first-order valence-corrected chi connectivity index (χ1v) is 9.69. The maximum Gasteiger partial charge on any atom is 0.221 e. The van der Waals surface area contributed by atoms with E-state index in [1.807, 2.05) is 24.3 Å². The number of nitrogens with zero attached hydrogens (tertiary/aromatic N) is 2. The molecule has 6 nitrogen and oxygen atoms in total. The molecule has 1 saturated heterocycles. The number of hydrogen-bond acceptors (Lipinski definition) is 3. The Hall–Kier alpha value is -3.02. The fourth-order valence-corrected chi connectivity index (χ4v) is 3.40. The summed E-state index contributed by atoms with van der Waals surface area (Å²) >= 11 is 0. The van der Waals surface area contributed by atoms with Crippen LogP contribution in [0.4, 0.5) is 11.4 Å². The third kappa shape index (κ3) is 5.49. The van der Waals surface area contributed by atoms with Crippen LogP contribution in [0.2, 0.25) is 0 Å². The molecule has 0 bridgehead atoms. The van der Waals surface area contributed by atoms with E-state index in [9.17, 15) is 4.79 Å². The predicted molar refractivity (Wildman–Crippen MR) is 116 cm³/mol. The Morgan fingerprint density at radius 2 is 2.00 bits per heavy atom. The molecule has 3 rings (SSSR count). The van der Waals surface area contributed by atoms with E-state index in [-0.39, 0.29) is 5.91 Å². The minimum atomic E-state index is -0.0676. The summed E-state index contributed by atoms with van der Waals surface area (Å²) < 4.78 is 0. The van der Waals surface area contributed by atoms with Gasteiger partial charge in [0, 0.05) is 51.0 Å². The van der Waals surface area contributed by atoms with Gasteiger partial charge >= 0.3 is 0 Å². The first-order valence-electron chi connectivity index (χ1n) is 9.69. The summed E-state index contributed by atoms with van der Waals surface area (Å²) in [5.74, 6) is 0.725. The molecule has 1 aliphatic rings. The summed E-state index contributed by atoms with van der Waals surface area (Å²) in [7, 11) is 1.79. The molecule has 1 aliphatic heterocycles. The smallest absolute Gasteiger partial charge is 0.221 e. The van der Waals surface area contributed by atoms with Crippen LogP contribution >= 0.6 is 0 Å². The zero-order valence-electron chi connectivity index (χ0n) is 16.8. The van der Waals surface area contributed by atoms with Gasteiger partial charge in [-0.3, -0.25) is 9.79 Å². The van der Waals surface area contributed by atoms with Crippen LogP contribution in [0.15, 0.2) is 53.5 Å². The lowest BCUT2D eigenvalue weighted by Crippen LogP contribution is -2.44. The summed E-state index contributed by atoms with van der Waals surface area (Å²) in [6.07, 6.45) is 1.08. The molecule has 1 fully saturated rings. The number of anilines is 2. The van der Waals surface area contributed by atoms with E-state index in [2.05, 4.69) is 57.0 Å². The monoisotopic (exact) mass is 379 g/mol. The molecule has 1 unspecified atom stereocenters. The average molecular weight is 380 g/mol. The molecule has 0 spiro atoms. The van der Waals surface area contributed by atoms with Crippen LogP contribution in [0.5, 0.6) is 0 Å². The zero-order chi connectivity index (χ0) is 19.9. The van der Waals surface area contributed by atoms with Crippen LogP contribution in [-0.4, -0.2) is 38.0 Å².